The van der Waals surface area contributed by atoms with Gasteiger partial charge in [0.25, 0.3) is 0 Å². The van der Waals surface area contributed by atoms with Crippen molar-refractivity contribution in [3.8, 4) is 0 Å². The van der Waals surface area contributed by atoms with Crippen molar-refractivity contribution in [3.63, 3.8) is 0 Å². The van der Waals surface area contributed by atoms with Crippen LogP contribution >= 0.6 is 0 Å². The third kappa shape index (κ3) is 1.71. The number of amides is 1. The van der Waals surface area contributed by atoms with Crippen LogP contribution in [-0.2, 0) is 4.79 Å². The lowest BCUT2D eigenvalue weighted by Crippen LogP contribution is -2.44. The highest BCUT2D eigenvalue weighted by Crippen LogP contribution is 2.18. The van der Waals surface area contributed by atoms with Gasteiger partial charge in [-0.15, -0.1) is 0 Å². The van der Waals surface area contributed by atoms with Gasteiger partial charge in [0.05, 0.1) is 6.04 Å². The number of carbonyl (C=O) groups is 1. The molecule has 2 atom stereocenters. The Balaban J connectivity index is 2.52. The summed E-state index contributed by atoms with van der Waals surface area (Å²) in [5.41, 5.74) is 5.20. The minimum Gasteiger partial charge on any atom is -0.368 e. The summed E-state index contributed by atoms with van der Waals surface area (Å²) in [5.74, 6) is -0.209. The molecule has 3 heteroatoms. The van der Waals surface area contributed by atoms with Gasteiger partial charge in [-0.05, 0) is 33.2 Å². The molecule has 2 unspecified atom stereocenters. The Morgan fingerprint density at radius 3 is 2.73 bits per heavy atom. The number of nitrogens with two attached hydrogens (primary N) is 1. The largest absolute Gasteiger partial charge is 0.368 e. The van der Waals surface area contributed by atoms with Crippen LogP contribution in [-0.4, -0.2) is 29.4 Å². The van der Waals surface area contributed by atoms with Crippen molar-refractivity contribution in [1.29, 1.82) is 0 Å². The Morgan fingerprint density at radius 2 is 2.36 bits per heavy atom. The van der Waals surface area contributed by atoms with Gasteiger partial charge in [-0.3, -0.25) is 9.69 Å². The second-order valence-corrected chi connectivity index (χ2v) is 3.31. The molecule has 1 saturated heterocycles. The van der Waals surface area contributed by atoms with E-state index in [9.17, 15) is 4.79 Å². The highest BCUT2D eigenvalue weighted by atomic mass is 16.1. The lowest BCUT2D eigenvalue weighted by molar-refractivity contribution is -0.122. The van der Waals surface area contributed by atoms with E-state index in [0.717, 1.165) is 6.54 Å². The molecule has 2 N–H and O–H groups in total. The predicted octanol–water partition coefficient (Wildman–Crippen LogP) is 0.345. The Bertz CT molecular complexity index is 158. The fourth-order valence-corrected chi connectivity index (χ4v) is 1.69. The van der Waals surface area contributed by atoms with E-state index in [1.54, 1.807) is 0 Å². The minimum atomic E-state index is -0.209. The molecule has 11 heavy (non-hydrogen) atoms. The van der Waals surface area contributed by atoms with Crippen LogP contribution in [0, 0.1) is 0 Å². The lowest BCUT2D eigenvalue weighted by atomic mass is 10.2. The maximum absolute atomic E-state index is 10.8. The van der Waals surface area contributed by atoms with E-state index in [1.807, 2.05) is 6.92 Å². The van der Waals surface area contributed by atoms with Crippen molar-refractivity contribution in [1.82, 2.24) is 4.90 Å². The van der Waals surface area contributed by atoms with Crippen LogP contribution < -0.4 is 5.73 Å². The van der Waals surface area contributed by atoms with Gasteiger partial charge in [0.15, 0.2) is 0 Å². The highest BCUT2D eigenvalue weighted by molar-refractivity contribution is 5.79. The van der Waals surface area contributed by atoms with Crippen LogP contribution in [0.4, 0.5) is 0 Å². The Morgan fingerprint density at radius 1 is 1.73 bits per heavy atom. The third-order valence-corrected chi connectivity index (χ3v) is 2.51. The van der Waals surface area contributed by atoms with E-state index in [2.05, 4.69) is 11.8 Å². The quantitative estimate of drug-likeness (QED) is 0.627. The Kier molecular flexibility index (Phi) is 2.49. The minimum absolute atomic E-state index is 0.0903. The molecule has 0 saturated carbocycles. The van der Waals surface area contributed by atoms with Gasteiger partial charge in [-0.2, -0.15) is 0 Å². The summed E-state index contributed by atoms with van der Waals surface area (Å²) in [6, 6.07) is 0.435. The van der Waals surface area contributed by atoms with E-state index >= 15 is 0 Å². The van der Waals surface area contributed by atoms with Crippen LogP contribution in [0.3, 0.4) is 0 Å². The van der Waals surface area contributed by atoms with E-state index in [-0.39, 0.29) is 11.9 Å². The van der Waals surface area contributed by atoms with Crippen molar-refractivity contribution in [3.05, 3.63) is 0 Å². The van der Waals surface area contributed by atoms with Crippen LogP contribution in [0.5, 0.6) is 0 Å². The molecule has 0 bridgehead atoms. The average molecular weight is 156 g/mol. The molecule has 0 aromatic rings. The molecular weight excluding hydrogens is 140 g/mol. The van der Waals surface area contributed by atoms with E-state index in [0.29, 0.717) is 6.04 Å². The second kappa shape index (κ2) is 3.22. The van der Waals surface area contributed by atoms with Crippen LogP contribution in [0.25, 0.3) is 0 Å². The van der Waals surface area contributed by atoms with Gasteiger partial charge in [0, 0.05) is 6.04 Å². The molecule has 1 heterocycles. The molecule has 0 aromatic heterocycles. The summed E-state index contributed by atoms with van der Waals surface area (Å²) in [4.78, 5) is 13.0. The molecule has 1 fully saturated rings. The number of carbonyl (C=O) groups excluding carboxylic acids is 1. The standard InChI is InChI=1S/C8H16N2O/c1-6-4-3-5-10(6)7(2)8(9)11/h6-7H,3-5H2,1-2H3,(H2,9,11). The normalized spacial score (nSPS) is 28.7. The van der Waals surface area contributed by atoms with Crippen molar-refractivity contribution in [2.24, 2.45) is 5.73 Å². The number of hydrogen-bond acceptors (Lipinski definition) is 2. The first-order chi connectivity index (χ1) is 5.13. The van der Waals surface area contributed by atoms with Crippen molar-refractivity contribution in [2.75, 3.05) is 6.54 Å². The molecule has 3 nitrogen and oxygen atoms in total. The number of nitrogens with zero attached hydrogens (tertiary/aromatic N) is 1. The molecule has 0 radical (unpaired) electrons. The molecule has 0 aliphatic carbocycles. The zero-order chi connectivity index (χ0) is 8.43. The van der Waals surface area contributed by atoms with E-state index < -0.39 is 0 Å². The molecule has 1 aliphatic heterocycles. The van der Waals surface area contributed by atoms with Gasteiger partial charge >= 0.3 is 0 Å². The van der Waals surface area contributed by atoms with Crippen LogP contribution in [0.1, 0.15) is 26.7 Å². The summed E-state index contributed by atoms with van der Waals surface area (Å²) < 4.78 is 0. The first-order valence-corrected chi connectivity index (χ1v) is 4.18. The molecule has 64 valence electrons. The molecule has 0 aromatic carbocycles. The smallest absolute Gasteiger partial charge is 0.234 e. The fraction of sp³-hybridized carbons (Fsp3) is 0.875. The SMILES string of the molecule is CC1CCCN1C(C)C(N)=O. The first kappa shape index (κ1) is 8.53. The van der Waals surface area contributed by atoms with Crippen molar-refractivity contribution in [2.45, 2.75) is 38.8 Å². The molecule has 1 aliphatic rings. The van der Waals surface area contributed by atoms with Gasteiger partial charge in [0.1, 0.15) is 0 Å². The highest BCUT2D eigenvalue weighted by Gasteiger charge is 2.27. The molecule has 1 amide bonds. The summed E-state index contributed by atoms with van der Waals surface area (Å²) >= 11 is 0. The van der Waals surface area contributed by atoms with Crippen LogP contribution in [0.15, 0.2) is 0 Å². The maximum Gasteiger partial charge on any atom is 0.234 e. The molecule has 1 rings (SSSR count). The van der Waals surface area contributed by atoms with Gasteiger partial charge in [0.2, 0.25) is 5.91 Å². The molecule has 0 spiro atoms. The average Bonchev–Trinajstić information content (AvgIpc) is 2.33. The van der Waals surface area contributed by atoms with Gasteiger partial charge in [-0.25, -0.2) is 0 Å². The number of likely N-dealkylation sites (tertiary alicyclic amines) is 1. The summed E-state index contributed by atoms with van der Waals surface area (Å²) in [6.07, 6.45) is 2.39. The fourth-order valence-electron chi connectivity index (χ4n) is 1.69. The topological polar surface area (TPSA) is 46.3 Å². The Hall–Kier alpha value is -0.570. The lowest BCUT2D eigenvalue weighted by Gasteiger charge is -2.25. The van der Waals surface area contributed by atoms with E-state index in [4.69, 9.17) is 5.73 Å². The zero-order valence-electron chi connectivity index (χ0n) is 7.21. The summed E-state index contributed by atoms with van der Waals surface area (Å²) in [6.45, 7) is 5.04. The summed E-state index contributed by atoms with van der Waals surface area (Å²) in [7, 11) is 0. The van der Waals surface area contributed by atoms with Gasteiger partial charge in [-0.1, -0.05) is 0 Å². The first-order valence-electron chi connectivity index (χ1n) is 4.18. The monoisotopic (exact) mass is 156 g/mol. The van der Waals surface area contributed by atoms with Gasteiger partial charge < -0.3 is 5.73 Å². The second-order valence-electron chi connectivity index (χ2n) is 3.31. The maximum atomic E-state index is 10.8. The van der Waals surface area contributed by atoms with E-state index in [1.165, 1.54) is 12.8 Å². The number of hydrogen-bond donors (Lipinski definition) is 1. The predicted molar refractivity (Wildman–Crippen MR) is 44.1 cm³/mol. The zero-order valence-corrected chi connectivity index (χ0v) is 7.21. The van der Waals surface area contributed by atoms with Crippen molar-refractivity contribution < 1.29 is 4.79 Å². The summed E-state index contributed by atoms with van der Waals surface area (Å²) in [5, 5.41) is 0. The number of primary amides is 1. The third-order valence-electron chi connectivity index (χ3n) is 2.51. The Labute approximate surface area is 67.5 Å². The van der Waals surface area contributed by atoms with Crippen molar-refractivity contribution >= 4 is 5.91 Å². The number of rotatable bonds is 2. The van der Waals surface area contributed by atoms with Crippen LogP contribution in [0.2, 0.25) is 0 Å². The molecular formula is C8H16N2O.